The van der Waals surface area contributed by atoms with E-state index in [2.05, 4.69) is 6.07 Å². The molecule has 0 radical (unpaired) electrons. The van der Waals surface area contributed by atoms with E-state index in [0.717, 1.165) is 65.9 Å². The van der Waals surface area contributed by atoms with E-state index in [4.69, 9.17) is 4.98 Å². The van der Waals surface area contributed by atoms with Gasteiger partial charge in [0.2, 0.25) is 15.9 Å². The fraction of sp³-hybridized carbons (Fsp3) is 0.385. The maximum absolute atomic E-state index is 13.0. The Morgan fingerprint density at radius 1 is 0.941 bits per heavy atom. The minimum Gasteiger partial charge on any atom is -0.330 e. The molecule has 178 valence electrons. The molecule has 2 aliphatic heterocycles. The number of para-hydroxylation sites is 1. The molecule has 5 rings (SSSR count). The number of hydrogen-bond acceptors (Lipinski definition) is 5. The molecular weight excluding hydrogens is 466 g/mol. The van der Waals surface area contributed by atoms with Crippen LogP contribution in [0, 0.1) is 0 Å². The van der Waals surface area contributed by atoms with Crippen molar-refractivity contribution in [2.45, 2.75) is 49.5 Å². The second kappa shape index (κ2) is 9.98. The fourth-order valence-corrected chi connectivity index (χ4v) is 7.40. The number of nitrogens with zero attached hydrogens (tertiary/aromatic N) is 3. The number of amides is 1. The van der Waals surface area contributed by atoms with Crippen molar-refractivity contribution in [2.75, 3.05) is 19.6 Å². The first-order valence-corrected chi connectivity index (χ1v) is 14.2. The molecule has 34 heavy (non-hydrogen) atoms. The summed E-state index contributed by atoms with van der Waals surface area (Å²) in [6, 6.07) is 14.9. The van der Waals surface area contributed by atoms with Gasteiger partial charge in [-0.05, 0) is 61.6 Å². The molecule has 1 amide bonds. The molecule has 2 saturated heterocycles. The predicted octanol–water partition coefficient (Wildman–Crippen LogP) is 5.24. The van der Waals surface area contributed by atoms with E-state index in [1.807, 2.05) is 23.1 Å². The molecule has 2 aromatic carbocycles. The van der Waals surface area contributed by atoms with Gasteiger partial charge < -0.3 is 4.90 Å². The van der Waals surface area contributed by atoms with Crippen molar-refractivity contribution < 1.29 is 13.2 Å². The number of benzene rings is 2. The summed E-state index contributed by atoms with van der Waals surface area (Å²) in [5.41, 5.74) is 1.78. The summed E-state index contributed by atoms with van der Waals surface area (Å²) in [6.07, 6.45) is 9.22. The molecule has 3 heterocycles. The van der Waals surface area contributed by atoms with E-state index in [0.29, 0.717) is 18.0 Å². The normalized spacial score (nSPS) is 20.2. The second-order valence-electron chi connectivity index (χ2n) is 8.93. The van der Waals surface area contributed by atoms with Gasteiger partial charge >= 0.3 is 0 Å². The number of hydrogen-bond donors (Lipinski definition) is 0. The van der Waals surface area contributed by atoms with Gasteiger partial charge in [0, 0.05) is 25.7 Å². The average Bonchev–Trinajstić information content (AvgIpc) is 3.42. The Hall–Kier alpha value is -2.55. The Morgan fingerprint density at radius 2 is 1.68 bits per heavy atom. The van der Waals surface area contributed by atoms with Crippen molar-refractivity contribution in [1.29, 1.82) is 0 Å². The van der Waals surface area contributed by atoms with E-state index in [1.54, 1.807) is 52.1 Å². The average molecular weight is 496 g/mol. The lowest BCUT2D eigenvalue weighted by atomic mass is 10.2. The van der Waals surface area contributed by atoms with Crippen molar-refractivity contribution in [2.24, 2.45) is 0 Å². The molecule has 8 heteroatoms. The maximum Gasteiger partial charge on any atom is 0.247 e. The molecule has 0 saturated carbocycles. The molecule has 1 unspecified atom stereocenters. The molecule has 2 aliphatic rings. The van der Waals surface area contributed by atoms with Gasteiger partial charge in [-0.15, -0.1) is 11.3 Å². The molecule has 1 atom stereocenters. The first-order chi connectivity index (χ1) is 16.5. The van der Waals surface area contributed by atoms with Crippen molar-refractivity contribution in [3.8, 4) is 0 Å². The van der Waals surface area contributed by atoms with Crippen LogP contribution in [-0.2, 0) is 14.8 Å². The number of fused-ring (bicyclic) bond motifs is 1. The van der Waals surface area contributed by atoms with Gasteiger partial charge in [0.15, 0.2) is 0 Å². The molecular formula is C26H29N3O3S2. The number of thiazole rings is 1. The van der Waals surface area contributed by atoms with Gasteiger partial charge in [0.1, 0.15) is 5.01 Å². The lowest BCUT2D eigenvalue weighted by Crippen LogP contribution is -2.31. The third kappa shape index (κ3) is 4.80. The lowest BCUT2D eigenvalue weighted by Gasteiger charge is -2.21. The van der Waals surface area contributed by atoms with E-state index >= 15 is 0 Å². The summed E-state index contributed by atoms with van der Waals surface area (Å²) in [4.78, 5) is 20.0. The zero-order valence-electron chi connectivity index (χ0n) is 19.1. The second-order valence-corrected chi connectivity index (χ2v) is 11.9. The SMILES string of the molecule is O=C(/C=C/c1ccc(S(=O)(=O)N2CCCCCC2)cc1)N1CCCC1c1nc2ccccc2s1. The van der Waals surface area contributed by atoms with Gasteiger partial charge in [-0.25, -0.2) is 13.4 Å². The maximum atomic E-state index is 13.0. The van der Waals surface area contributed by atoms with Crippen molar-refractivity contribution >= 4 is 43.6 Å². The van der Waals surface area contributed by atoms with Gasteiger partial charge in [0.05, 0.1) is 21.2 Å². The summed E-state index contributed by atoms with van der Waals surface area (Å²) in [7, 11) is -3.47. The fourth-order valence-electron chi connectivity index (χ4n) is 4.77. The smallest absolute Gasteiger partial charge is 0.247 e. The first-order valence-electron chi connectivity index (χ1n) is 12.0. The van der Waals surface area contributed by atoms with Crippen LogP contribution in [0.15, 0.2) is 59.5 Å². The van der Waals surface area contributed by atoms with Crippen LogP contribution in [-0.4, -0.2) is 48.1 Å². The molecule has 0 N–H and O–H groups in total. The molecule has 2 fully saturated rings. The summed E-state index contributed by atoms with van der Waals surface area (Å²) >= 11 is 1.66. The quantitative estimate of drug-likeness (QED) is 0.454. The lowest BCUT2D eigenvalue weighted by molar-refractivity contribution is -0.126. The highest BCUT2D eigenvalue weighted by atomic mass is 32.2. The zero-order chi connectivity index (χ0) is 23.5. The summed E-state index contributed by atoms with van der Waals surface area (Å²) < 4.78 is 28.7. The molecule has 0 bridgehead atoms. The Kier molecular flexibility index (Phi) is 6.81. The summed E-state index contributed by atoms with van der Waals surface area (Å²) in [5.74, 6) is -0.0389. The zero-order valence-corrected chi connectivity index (χ0v) is 20.7. The van der Waals surface area contributed by atoms with Gasteiger partial charge in [-0.3, -0.25) is 4.79 Å². The minimum atomic E-state index is -3.47. The topological polar surface area (TPSA) is 70.6 Å². The molecule has 1 aromatic heterocycles. The van der Waals surface area contributed by atoms with Gasteiger partial charge in [-0.1, -0.05) is 37.1 Å². The van der Waals surface area contributed by atoms with Crippen molar-refractivity contribution in [3.63, 3.8) is 0 Å². The van der Waals surface area contributed by atoms with Crippen LogP contribution in [0.4, 0.5) is 0 Å². The van der Waals surface area contributed by atoms with E-state index < -0.39 is 10.0 Å². The molecule has 0 aliphatic carbocycles. The van der Waals surface area contributed by atoms with E-state index in [9.17, 15) is 13.2 Å². The summed E-state index contributed by atoms with van der Waals surface area (Å²) in [6.45, 7) is 1.89. The molecule has 6 nitrogen and oxygen atoms in total. The number of carbonyl (C=O) groups excluding carboxylic acids is 1. The van der Waals surface area contributed by atoms with Crippen molar-refractivity contribution in [1.82, 2.24) is 14.2 Å². The van der Waals surface area contributed by atoms with Crippen molar-refractivity contribution in [3.05, 3.63) is 65.2 Å². The third-order valence-electron chi connectivity index (χ3n) is 6.63. The van der Waals surface area contributed by atoms with Gasteiger partial charge in [-0.2, -0.15) is 4.31 Å². The minimum absolute atomic E-state index is 0.00990. The van der Waals surface area contributed by atoms with Crippen LogP contribution in [0.1, 0.15) is 55.1 Å². The predicted molar refractivity (Wildman–Crippen MR) is 136 cm³/mol. The van der Waals surface area contributed by atoms with Crippen LogP contribution in [0.25, 0.3) is 16.3 Å². The largest absolute Gasteiger partial charge is 0.330 e. The Morgan fingerprint density at radius 3 is 2.41 bits per heavy atom. The number of rotatable bonds is 5. The van der Waals surface area contributed by atoms with Crippen LogP contribution in [0.2, 0.25) is 0 Å². The van der Waals surface area contributed by atoms with Crippen LogP contribution in [0.5, 0.6) is 0 Å². The van der Waals surface area contributed by atoms with E-state index in [1.165, 1.54) is 0 Å². The van der Waals surface area contributed by atoms with E-state index in [-0.39, 0.29) is 11.9 Å². The highest BCUT2D eigenvalue weighted by Gasteiger charge is 2.31. The number of likely N-dealkylation sites (tertiary alicyclic amines) is 1. The van der Waals surface area contributed by atoms with Gasteiger partial charge in [0.25, 0.3) is 0 Å². The van der Waals surface area contributed by atoms with Crippen LogP contribution >= 0.6 is 11.3 Å². The highest BCUT2D eigenvalue weighted by Crippen LogP contribution is 2.36. The Bertz CT molecular complexity index is 1260. The number of aromatic nitrogens is 1. The first kappa shape index (κ1) is 23.2. The van der Waals surface area contributed by atoms with Crippen LogP contribution < -0.4 is 0 Å². The Balaban J connectivity index is 1.27. The third-order valence-corrected chi connectivity index (χ3v) is 9.68. The summed E-state index contributed by atoms with van der Waals surface area (Å²) in [5, 5.41) is 0.989. The number of carbonyl (C=O) groups is 1. The Labute approximate surface area is 205 Å². The number of sulfonamides is 1. The highest BCUT2D eigenvalue weighted by molar-refractivity contribution is 7.89. The van der Waals surface area contributed by atoms with Crippen LogP contribution in [0.3, 0.4) is 0 Å². The molecule has 0 spiro atoms. The standard InChI is InChI=1S/C26H29N3O3S2/c30-25(29-19-7-9-23(29)26-27-22-8-3-4-10-24(22)33-26)16-13-20-11-14-21(15-12-20)34(31,32)28-17-5-1-2-6-18-28/h3-4,8,10-16,23H,1-2,5-7,9,17-19H2/b16-13+. The monoisotopic (exact) mass is 495 g/mol. The molecule has 3 aromatic rings.